The lowest BCUT2D eigenvalue weighted by atomic mass is 9.81. The van der Waals surface area contributed by atoms with Gasteiger partial charge in [0.25, 0.3) is 0 Å². The van der Waals surface area contributed by atoms with Crippen LogP contribution in [0.1, 0.15) is 12.8 Å². The number of benzene rings is 2. The van der Waals surface area contributed by atoms with Crippen LogP contribution in [0, 0.1) is 11.8 Å². The molecule has 0 heterocycles. The number of hydrogen-bond acceptors (Lipinski definition) is 3. The first-order valence-corrected chi connectivity index (χ1v) is 8.72. The van der Waals surface area contributed by atoms with E-state index in [1.54, 1.807) is 36.4 Å². The molecule has 5 nitrogen and oxygen atoms in total. The van der Waals surface area contributed by atoms with E-state index in [4.69, 9.17) is 11.6 Å². The molecule has 6 heteroatoms. The molecular weight excluding hydrogens is 352 g/mol. The van der Waals surface area contributed by atoms with E-state index in [-0.39, 0.29) is 17.6 Å². The van der Waals surface area contributed by atoms with Crippen LogP contribution in [0.2, 0.25) is 5.02 Å². The zero-order chi connectivity index (χ0) is 18.5. The molecule has 1 aliphatic carbocycles. The van der Waals surface area contributed by atoms with Crippen molar-refractivity contribution in [1.82, 2.24) is 0 Å². The zero-order valence-electron chi connectivity index (χ0n) is 14.0. The smallest absolute Gasteiger partial charge is 0.228 e. The first-order valence-electron chi connectivity index (χ1n) is 8.35. The van der Waals surface area contributed by atoms with Crippen molar-refractivity contribution in [3.63, 3.8) is 0 Å². The Morgan fingerprint density at radius 3 is 2.08 bits per heavy atom. The Kier molecular flexibility index (Phi) is 5.58. The molecule has 1 aliphatic rings. The van der Waals surface area contributed by atoms with Crippen LogP contribution in [-0.2, 0) is 9.59 Å². The molecule has 2 aromatic carbocycles. The number of carbonyl (C=O) groups excluding carboxylic acids is 2. The fraction of sp³-hybridized carbons (Fsp3) is 0.200. The number of rotatable bonds is 4. The fourth-order valence-corrected chi connectivity index (χ4v) is 3.14. The van der Waals surface area contributed by atoms with Gasteiger partial charge in [0.1, 0.15) is 5.75 Å². The van der Waals surface area contributed by atoms with E-state index in [0.29, 0.717) is 29.2 Å². The molecular formula is C20H19ClN2O3. The van der Waals surface area contributed by atoms with Crippen LogP contribution in [0.15, 0.2) is 60.7 Å². The maximum atomic E-state index is 12.7. The Labute approximate surface area is 156 Å². The number of anilines is 2. The van der Waals surface area contributed by atoms with Gasteiger partial charge in [-0.05, 0) is 49.2 Å². The van der Waals surface area contributed by atoms with Crippen LogP contribution in [0.3, 0.4) is 0 Å². The highest BCUT2D eigenvalue weighted by molar-refractivity contribution is 6.33. The summed E-state index contributed by atoms with van der Waals surface area (Å²) in [5.74, 6) is -1.28. The van der Waals surface area contributed by atoms with Gasteiger partial charge in [0, 0.05) is 5.69 Å². The number of phenols is 1. The molecule has 3 N–H and O–H groups in total. The van der Waals surface area contributed by atoms with Crippen molar-refractivity contribution in [1.29, 1.82) is 0 Å². The summed E-state index contributed by atoms with van der Waals surface area (Å²) < 4.78 is 0. The van der Waals surface area contributed by atoms with Gasteiger partial charge in [0.15, 0.2) is 0 Å². The van der Waals surface area contributed by atoms with Gasteiger partial charge in [-0.1, -0.05) is 35.9 Å². The highest BCUT2D eigenvalue weighted by atomic mass is 35.5. The Bertz CT molecular complexity index is 833. The summed E-state index contributed by atoms with van der Waals surface area (Å²) in [5, 5.41) is 15.4. The molecule has 0 spiro atoms. The molecule has 2 amide bonds. The minimum atomic E-state index is -0.478. The second kappa shape index (κ2) is 8.06. The minimum absolute atomic E-state index is 0.126. The summed E-state index contributed by atoms with van der Waals surface area (Å²) in [6.07, 6.45) is 4.82. The van der Waals surface area contributed by atoms with Crippen LogP contribution in [0.5, 0.6) is 5.75 Å². The van der Waals surface area contributed by atoms with Crippen molar-refractivity contribution in [2.45, 2.75) is 12.8 Å². The number of halogens is 1. The molecule has 0 fully saturated rings. The quantitative estimate of drug-likeness (QED) is 0.557. The average molecular weight is 371 g/mol. The summed E-state index contributed by atoms with van der Waals surface area (Å²) in [5.41, 5.74) is 1.11. The zero-order valence-corrected chi connectivity index (χ0v) is 14.7. The number of hydrogen-bond donors (Lipinski definition) is 3. The van der Waals surface area contributed by atoms with E-state index in [0.717, 1.165) is 0 Å². The van der Waals surface area contributed by atoms with Gasteiger partial charge < -0.3 is 15.7 Å². The lowest BCUT2D eigenvalue weighted by Gasteiger charge is -2.27. The summed E-state index contributed by atoms with van der Waals surface area (Å²) >= 11 is 6.10. The van der Waals surface area contributed by atoms with E-state index >= 15 is 0 Å². The normalized spacial score (nSPS) is 19.0. The molecule has 0 saturated carbocycles. The van der Waals surface area contributed by atoms with Gasteiger partial charge >= 0.3 is 0 Å². The predicted octanol–water partition coefficient (Wildman–Crippen LogP) is 4.21. The van der Waals surface area contributed by atoms with Crippen LogP contribution < -0.4 is 10.6 Å². The topological polar surface area (TPSA) is 78.4 Å². The second-order valence-electron chi connectivity index (χ2n) is 6.16. The van der Waals surface area contributed by atoms with Crippen LogP contribution in [0.4, 0.5) is 11.4 Å². The SMILES string of the molecule is O=C(Nc1ccc(O)cc1)C1CC=CCC1C(=O)Nc1ccccc1Cl. The third kappa shape index (κ3) is 4.24. The lowest BCUT2D eigenvalue weighted by molar-refractivity contribution is -0.129. The summed E-state index contributed by atoms with van der Waals surface area (Å²) in [6.45, 7) is 0. The Balaban J connectivity index is 1.72. The molecule has 0 saturated heterocycles. The van der Waals surface area contributed by atoms with Gasteiger partial charge in [-0.3, -0.25) is 9.59 Å². The number of nitrogens with one attached hydrogen (secondary N) is 2. The van der Waals surface area contributed by atoms with Crippen molar-refractivity contribution in [3.05, 3.63) is 65.7 Å². The number of allylic oxidation sites excluding steroid dienone is 2. The molecule has 2 unspecified atom stereocenters. The van der Waals surface area contributed by atoms with E-state index < -0.39 is 11.8 Å². The number of carbonyl (C=O) groups is 2. The molecule has 26 heavy (non-hydrogen) atoms. The summed E-state index contributed by atoms with van der Waals surface area (Å²) in [6, 6.07) is 13.2. The Morgan fingerprint density at radius 1 is 0.885 bits per heavy atom. The molecule has 0 aliphatic heterocycles. The van der Waals surface area contributed by atoms with E-state index in [2.05, 4.69) is 10.6 Å². The molecule has 3 rings (SSSR count). The highest BCUT2D eigenvalue weighted by Gasteiger charge is 2.34. The van der Waals surface area contributed by atoms with Crippen molar-refractivity contribution >= 4 is 34.8 Å². The standard InChI is InChI=1S/C20H19ClN2O3/c21-17-7-3-4-8-18(17)23-20(26)16-6-2-1-5-15(16)19(25)22-13-9-11-14(24)12-10-13/h1-4,7-12,15-16,24H,5-6H2,(H,22,25)(H,23,26). The molecule has 134 valence electrons. The van der Waals surface area contributed by atoms with Crippen molar-refractivity contribution < 1.29 is 14.7 Å². The van der Waals surface area contributed by atoms with Crippen LogP contribution >= 0.6 is 11.6 Å². The first-order chi connectivity index (χ1) is 12.5. The van der Waals surface area contributed by atoms with E-state index in [9.17, 15) is 14.7 Å². The molecule has 0 aromatic heterocycles. The van der Waals surface area contributed by atoms with Crippen molar-refractivity contribution in [2.75, 3.05) is 10.6 Å². The molecule has 2 atom stereocenters. The van der Waals surface area contributed by atoms with Gasteiger partial charge in [-0.15, -0.1) is 0 Å². The maximum Gasteiger partial charge on any atom is 0.228 e. The number of amides is 2. The van der Waals surface area contributed by atoms with Crippen molar-refractivity contribution in [3.8, 4) is 5.75 Å². The highest BCUT2D eigenvalue weighted by Crippen LogP contribution is 2.30. The predicted molar refractivity (Wildman–Crippen MR) is 102 cm³/mol. The third-order valence-corrected chi connectivity index (χ3v) is 4.70. The molecule has 0 bridgehead atoms. The largest absolute Gasteiger partial charge is 0.508 e. The van der Waals surface area contributed by atoms with Gasteiger partial charge in [0.2, 0.25) is 11.8 Å². The molecule has 2 aromatic rings. The second-order valence-corrected chi connectivity index (χ2v) is 6.57. The van der Waals surface area contributed by atoms with E-state index in [1.165, 1.54) is 12.1 Å². The molecule has 0 radical (unpaired) electrons. The van der Waals surface area contributed by atoms with E-state index in [1.807, 2.05) is 12.2 Å². The minimum Gasteiger partial charge on any atom is -0.508 e. The maximum absolute atomic E-state index is 12.7. The van der Waals surface area contributed by atoms with Gasteiger partial charge in [-0.2, -0.15) is 0 Å². The summed E-state index contributed by atoms with van der Waals surface area (Å²) in [4.78, 5) is 25.4. The van der Waals surface area contributed by atoms with Crippen molar-refractivity contribution in [2.24, 2.45) is 11.8 Å². The fourth-order valence-electron chi connectivity index (χ4n) is 2.96. The van der Waals surface area contributed by atoms with Gasteiger partial charge in [0.05, 0.1) is 22.5 Å². The number of para-hydroxylation sites is 1. The van der Waals surface area contributed by atoms with Crippen LogP contribution in [0.25, 0.3) is 0 Å². The number of aromatic hydroxyl groups is 1. The number of phenolic OH excluding ortho intramolecular Hbond substituents is 1. The Morgan fingerprint density at radius 2 is 1.46 bits per heavy atom. The Hall–Kier alpha value is -2.79. The lowest BCUT2D eigenvalue weighted by Crippen LogP contribution is -2.37. The van der Waals surface area contributed by atoms with Gasteiger partial charge in [-0.25, -0.2) is 0 Å². The average Bonchev–Trinajstić information content (AvgIpc) is 2.65. The summed E-state index contributed by atoms with van der Waals surface area (Å²) in [7, 11) is 0. The first kappa shape index (κ1) is 18.0. The monoisotopic (exact) mass is 370 g/mol. The van der Waals surface area contributed by atoms with Crippen LogP contribution in [-0.4, -0.2) is 16.9 Å². The third-order valence-electron chi connectivity index (χ3n) is 4.37.